The highest BCUT2D eigenvalue weighted by Gasteiger charge is 2.49. The van der Waals surface area contributed by atoms with Crippen LogP contribution in [0.1, 0.15) is 45.4 Å². The Labute approximate surface area is 97.6 Å². The SMILES string of the molecule is CCCC1NCC(=O)N1C(C1CC1)C1CC1. The summed E-state index contributed by atoms with van der Waals surface area (Å²) in [6, 6.07) is 0.582. The van der Waals surface area contributed by atoms with Crippen LogP contribution in [0, 0.1) is 11.8 Å². The number of carbonyl (C=O) groups is 1. The van der Waals surface area contributed by atoms with Crippen LogP contribution in [-0.4, -0.2) is 29.6 Å². The van der Waals surface area contributed by atoms with Gasteiger partial charge in [0.2, 0.25) is 5.91 Å². The highest BCUT2D eigenvalue weighted by atomic mass is 16.2. The van der Waals surface area contributed by atoms with Crippen LogP contribution < -0.4 is 5.32 Å². The van der Waals surface area contributed by atoms with Gasteiger partial charge in [0.15, 0.2) is 0 Å². The molecule has 1 aliphatic heterocycles. The van der Waals surface area contributed by atoms with Gasteiger partial charge >= 0.3 is 0 Å². The minimum atomic E-state index is 0.337. The number of carbonyl (C=O) groups excluding carboxylic acids is 1. The molecule has 3 aliphatic rings. The Balaban J connectivity index is 1.75. The Kier molecular flexibility index (Phi) is 2.66. The lowest BCUT2D eigenvalue weighted by Gasteiger charge is -2.33. The summed E-state index contributed by atoms with van der Waals surface area (Å²) >= 11 is 0. The minimum absolute atomic E-state index is 0.337. The van der Waals surface area contributed by atoms with E-state index < -0.39 is 0 Å². The Hall–Kier alpha value is -0.570. The van der Waals surface area contributed by atoms with Crippen molar-refractivity contribution >= 4 is 5.91 Å². The van der Waals surface area contributed by atoms with E-state index in [4.69, 9.17) is 0 Å². The van der Waals surface area contributed by atoms with Gasteiger partial charge in [0, 0.05) is 6.04 Å². The van der Waals surface area contributed by atoms with Gasteiger partial charge in [0.1, 0.15) is 0 Å². The first kappa shape index (κ1) is 10.6. The van der Waals surface area contributed by atoms with Crippen LogP contribution in [0.3, 0.4) is 0 Å². The zero-order valence-electron chi connectivity index (χ0n) is 10.1. The molecule has 0 spiro atoms. The van der Waals surface area contributed by atoms with Crippen molar-refractivity contribution in [3.05, 3.63) is 0 Å². The lowest BCUT2D eigenvalue weighted by Crippen LogP contribution is -2.46. The molecule has 0 radical (unpaired) electrons. The molecule has 0 aromatic carbocycles. The van der Waals surface area contributed by atoms with Crippen LogP contribution in [-0.2, 0) is 4.79 Å². The molecule has 90 valence electrons. The van der Waals surface area contributed by atoms with Crippen LogP contribution in [0.2, 0.25) is 0 Å². The van der Waals surface area contributed by atoms with Crippen LogP contribution in [0.15, 0.2) is 0 Å². The standard InChI is InChI=1S/C13H22N2O/c1-2-3-11-14-8-12(16)15(11)13(9-4-5-9)10-6-7-10/h9-11,13-14H,2-8H2,1H3. The molecular weight excluding hydrogens is 200 g/mol. The summed E-state index contributed by atoms with van der Waals surface area (Å²) in [7, 11) is 0. The molecule has 16 heavy (non-hydrogen) atoms. The molecule has 1 unspecified atom stereocenters. The zero-order valence-corrected chi connectivity index (χ0v) is 10.1. The second-order valence-electron chi connectivity index (χ2n) is 5.65. The molecule has 3 heteroatoms. The molecule has 2 saturated carbocycles. The van der Waals surface area contributed by atoms with E-state index in [2.05, 4.69) is 17.1 Å². The highest BCUT2D eigenvalue weighted by molar-refractivity contribution is 5.81. The van der Waals surface area contributed by atoms with E-state index >= 15 is 0 Å². The first-order chi connectivity index (χ1) is 7.81. The van der Waals surface area contributed by atoms with Crippen molar-refractivity contribution in [2.75, 3.05) is 6.54 Å². The molecule has 3 rings (SSSR count). The van der Waals surface area contributed by atoms with Crippen molar-refractivity contribution < 1.29 is 4.79 Å². The summed E-state index contributed by atoms with van der Waals surface area (Å²) in [4.78, 5) is 14.2. The number of nitrogens with zero attached hydrogens (tertiary/aromatic N) is 1. The maximum absolute atomic E-state index is 12.0. The number of hydrogen-bond donors (Lipinski definition) is 1. The Bertz CT molecular complexity index is 272. The van der Waals surface area contributed by atoms with E-state index in [-0.39, 0.29) is 0 Å². The third kappa shape index (κ3) is 1.86. The van der Waals surface area contributed by atoms with E-state index in [0.29, 0.717) is 24.7 Å². The van der Waals surface area contributed by atoms with Gasteiger partial charge in [0.05, 0.1) is 12.7 Å². The number of amides is 1. The lowest BCUT2D eigenvalue weighted by molar-refractivity contribution is -0.131. The molecule has 0 aromatic rings. The Morgan fingerprint density at radius 3 is 2.44 bits per heavy atom. The fourth-order valence-corrected chi connectivity index (χ4v) is 3.17. The van der Waals surface area contributed by atoms with Gasteiger partial charge in [-0.25, -0.2) is 0 Å². The Morgan fingerprint density at radius 2 is 1.94 bits per heavy atom. The highest BCUT2D eigenvalue weighted by Crippen LogP contribution is 2.48. The van der Waals surface area contributed by atoms with Gasteiger partial charge in [-0.1, -0.05) is 13.3 Å². The monoisotopic (exact) mass is 222 g/mol. The molecule has 1 amide bonds. The molecule has 1 atom stereocenters. The summed E-state index contributed by atoms with van der Waals surface area (Å²) in [6.07, 6.45) is 8.01. The van der Waals surface area contributed by atoms with E-state index in [1.807, 2.05) is 0 Å². The minimum Gasteiger partial charge on any atom is -0.323 e. The summed E-state index contributed by atoms with van der Waals surface area (Å²) < 4.78 is 0. The first-order valence-electron chi connectivity index (χ1n) is 6.85. The van der Waals surface area contributed by atoms with Gasteiger partial charge < -0.3 is 4.90 Å². The third-order valence-electron chi connectivity index (χ3n) is 4.21. The number of nitrogens with one attached hydrogen (secondary N) is 1. The van der Waals surface area contributed by atoms with E-state index in [1.165, 1.54) is 25.7 Å². The van der Waals surface area contributed by atoms with Crippen LogP contribution in [0.5, 0.6) is 0 Å². The maximum atomic E-state index is 12.0. The quantitative estimate of drug-likeness (QED) is 0.768. The smallest absolute Gasteiger partial charge is 0.238 e. The van der Waals surface area contributed by atoms with Crippen molar-refractivity contribution in [1.29, 1.82) is 0 Å². The van der Waals surface area contributed by atoms with Crippen LogP contribution in [0.4, 0.5) is 0 Å². The Morgan fingerprint density at radius 1 is 1.31 bits per heavy atom. The van der Waals surface area contributed by atoms with E-state index in [0.717, 1.165) is 24.7 Å². The van der Waals surface area contributed by atoms with Crippen molar-refractivity contribution in [2.45, 2.75) is 57.7 Å². The second kappa shape index (κ2) is 4.02. The third-order valence-corrected chi connectivity index (χ3v) is 4.21. The molecule has 3 fully saturated rings. The summed E-state index contributed by atoms with van der Waals surface area (Å²) in [6.45, 7) is 2.77. The summed E-state index contributed by atoms with van der Waals surface area (Å²) in [5, 5.41) is 3.38. The van der Waals surface area contributed by atoms with Crippen molar-refractivity contribution in [2.24, 2.45) is 11.8 Å². The zero-order chi connectivity index (χ0) is 11.1. The fraction of sp³-hybridized carbons (Fsp3) is 0.923. The van der Waals surface area contributed by atoms with Crippen LogP contribution in [0.25, 0.3) is 0 Å². The van der Waals surface area contributed by atoms with E-state index in [9.17, 15) is 4.79 Å². The van der Waals surface area contributed by atoms with Gasteiger partial charge in [-0.15, -0.1) is 0 Å². The average Bonchev–Trinajstić information content (AvgIpc) is 3.14. The maximum Gasteiger partial charge on any atom is 0.238 e. The topological polar surface area (TPSA) is 32.3 Å². The van der Waals surface area contributed by atoms with Crippen molar-refractivity contribution in [3.63, 3.8) is 0 Å². The number of hydrogen-bond acceptors (Lipinski definition) is 2. The predicted octanol–water partition coefficient (Wildman–Crippen LogP) is 1.73. The van der Waals surface area contributed by atoms with Crippen molar-refractivity contribution in [1.82, 2.24) is 10.2 Å². The molecule has 1 N–H and O–H groups in total. The molecule has 0 aromatic heterocycles. The average molecular weight is 222 g/mol. The molecular formula is C13H22N2O. The normalized spacial score (nSPS) is 30.5. The van der Waals surface area contributed by atoms with Crippen molar-refractivity contribution in [3.8, 4) is 0 Å². The molecule has 3 nitrogen and oxygen atoms in total. The van der Waals surface area contributed by atoms with Gasteiger partial charge in [-0.2, -0.15) is 0 Å². The lowest BCUT2D eigenvalue weighted by atomic mass is 10.0. The molecule has 2 aliphatic carbocycles. The predicted molar refractivity (Wildman–Crippen MR) is 62.8 cm³/mol. The number of rotatable bonds is 5. The summed E-state index contributed by atoms with van der Waals surface area (Å²) in [5.74, 6) is 2.01. The molecule has 1 heterocycles. The van der Waals surface area contributed by atoms with Crippen LogP contribution >= 0.6 is 0 Å². The summed E-state index contributed by atoms with van der Waals surface area (Å²) in [5.41, 5.74) is 0. The first-order valence-corrected chi connectivity index (χ1v) is 6.85. The molecule has 0 bridgehead atoms. The largest absolute Gasteiger partial charge is 0.323 e. The van der Waals surface area contributed by atoms with E-state index in [1.54, 1.807) is 0 Å². The van der Waals surface area contributed by atoms with Gasteiger partial charge in [-0.05, 0) is 43.9 Å². The van der Waals surface area contributed by atoms with Gasteiger partial charge in [0.25, 0.3) is 0 Å². The fourth-order valence-electron chi connectivity index (χ4n) is 3.17. The second-order valence-corrected chi connectivity index (χ2v) is 5.65. The van der Waals surface area contributed by atoms with Gasteiger partial charge in [-0.3, -0.25) is 10.1 Å². The molecule has 1 saturated heterocycles.